The number of aryl methyl sites for hydroxylation is 1. The van der Waals surface area contributed by atoms with E-state index in [1.54, 1.807) is 10.8 Å². The monoisotopic (exact) mass is 302 g/mol. The molecule has 0 saturated heterocycles. The normalized spacial score (nSPS) is 13.9. The topological polar surface area (TPSA) is 71.3 Å². The standard InChI is InChI=1S/C14H26N2O3S/c1-5-12(6-2)11(4)15-20(18,19)14-8-13(10-17)16(7-3)9-14/h8-9,11-12,15,17H,5-7,10H2,1-4H3. The maximum atomic E-state index is 12.4. The van der Waals surface area contributed by atoms with Crippen LogP contribution in [-0.4, -0.2) is 24.1 Å². The molecule has 1 heterocycles. The Balaban J connectivity index is 2.96. The Bertz CT molecular complexity index is 497. The molecule has 1 atom stereocenters. The summed E-state index contributed by atoms with van der Waals surface area (Å²) in [5.41, 5.74) is 0.614. The second-order valence-electron chi connectivity index (χ2n) is 5.10. The van der Waals surface area contributed by atoms with Gasteiger partial charge in [0.1, 0.15) is 0 Å². The summed E-state index contributed by atoms with van der Waals surface area (Å²) in [5.74, 6) is 0.329. The van der Waals surface area contributed by atoms with Crippen LogP contribution in [0.1, 0.15) is 46.2 Å². The molecule has 6 heteroatoms. The SMILES string of the molecule is CCC(CC)C(C)NS(=O)(=O)c1cc(CO)n(CC)c1. The fourth-order valence-corrected chi connectivity index (χ4v) is 3.88. The minimum atomic E-state index is -3.53. The van der Waals surface area contributed by atoms with Crippen molar-refractivity contribution in [3.8, 4) is 0 Å². The van der Waals surface area contributed by atoms with Crippen molar-refractivity contribution in [3.05, 3.63) is 18.0 Å². The van der Waals surface area contributed by atoms with Gasteiger partial charge in [-0.25, -0.2) is 13.1 Å². The molecule has 20 heavy (non-hydrogen) atoms. The van der Waals surface area contributed by atoms with E-state index in [4.69, 9.17) is 0 Å². The Hall–Kier alpha value is -0.850. The van der Waals surface area contributed by atoms with Gasteiger partial charge in [-0.15, -0.1) is 0 Å². The van der Waals surface area contributed by atoms with Crippen molar-refractivity contribution in [2.45, 2.75) is 64.6 Å². The van der Waals surface area contributed by atoms with Crippen molar-refractivity contribution in [2.75, 3.05) is 0 Å². The van der Waals surface area contributed by atoms with Gasteiger partial charge in [0, 0.05) is 24.5 Å². The van der Waals surface area contributed by atoms with Crippen LogP contribution in [0.4, 0.5) is 0 Å². The molecule has 1 rings (SSSR count). The number of nitrogens with one attached hydrogen (secondary N) is 1. The molecule has 0 spiro atoms. The molecule has 2 N–H and O–H groups in total. The Morgan fingerprint density at radius 3 is 2.30 bits per heavy atom. The lowest BCUT2D eigenvalue weighted by Crippen LogP contribution is -2.37. The highest BCUT2D eigenvalue weighted by atomic mass is 32.2. The van der Waals surface area contributed by atoms with E-state index in [0.717, 1.165) is 12.8 Å². The van der Waals surface area contributed by atoms with E-state index in [2.05, 4.69) is 18.6 Å². The Labute approximate surface area is 122 Å². The third-order valence-corrected chi connectivity index (χ3v) is 5.40. The summed E-state index contributed by atoms with van der Waals surface area (Å²) in [6.07, 6.45) is 3.46. The number of sulfonamides is 1. The van der Waals surface area contributed by atoms with Crippen LogP contribution in [-0.2, 0) is 23.2 Å². The minimum absolute atomic E-state index is 0.0995. The second-order valence-corrected chi connectivity index (χ2v) is 6.81. The zero-order valence-corrected chi connectivity index (χ0v) is 13.6. The number of hydrogen-bond donors (Lipinski definition) is 2. The molecule has 0 aliphatic heterocycles. The van der Waals surface area contributed by atoms with Crippen LogP contribution in [0.15, 0.2) is 17.2 Å². The summed E-state index contributed by atoms with van der Waals surface area (Å²) in [5, 5.41) is 9.24. The third-order valence-electron chi connectivity index (χ3n) is 3.87. The number of aliphatic hydroxyl groups excluding tert-OH is 1. The lowest BCUT2D eigenvalue weighted by molar-refractivity contribution is 0.271. The van der Waals surface area contributed by atoms with Crippen LogP contribution in [0, 0.1) is 5.92 Å². The smallest absolute Gasteiger partial charge is 0.242 e. The van der Waals surface area contributed by atoms with Gasteiger partial charge in [-0.3, -0.25) is 0 Å². The predicted octanol–water partition coefficient (Wildman–Crippen LogP) is 2.10. The van der Waals surface area contributed by atoms with Crippen LogP contribution in [0.25, 0.3) is 0 Å². The Morgan fingerprint density at radius 2 is 1.90 bits per heavy atom. The molecule has 0 radical (unpaired) electrons. The highest BCUT2D eigenvalue weighted by molar-refractivity contribution is 7.89. The summed E-state index contributed by atoms with van der Waals surface area (Å²) in [6.45, 7) is 8.42. The van der Waals surface area contributed by atoms with E-state index >= 15 is 0 Å². The quantitative estimate of drug-likeness (QED) is 0.772. The molecule has 1 aromatic heterocycles. The zero-order valence-electron chi connectivity index (χ0n) is 12.8. The maximum Gasteiger partial charge on any atom is 0.242 e. The number of nitrogens with zero attached hydrogens (tertiary/aromatic N) is 1. The van der Waals surface area contributed by atoms with Gasteiger partial charge in [-0.05, 0) is 25.8 Å². The lowest BCUT2D eigenvalue weighted by Gasteiger charge is -2.22. The van der Waals surface area contributed by atoms with Crippen LogP contribution in [0.2, 0.25) is 0 Å². The first-order valence-corrected chi connectivity index (χ1v) is 8.70. The van der Waals surface area contributed by atoms with Gasteiger partial charge in [0.2, 0.25) is 10.0 Å². The third kappa shape index (κ3) is 3.84. The Kier molecular flexibility index (Phi) is 6.23. The molecule has 5 nitrogen and oxygen atoms in total. The Morgan fingerprint density at radius 1 is 1.30 bits per heavy atom. The molecule has 0 bridgehead atoms. The molecule has 0 aliphatic rings. The molecular weight excluding hydrogens is 276 g/mol. The number of hydrogen-bond acceptors (Lipinski definition) is 3. The number of aliphatic hydroxyl groups is 1. The summed E-state index contributed by atoms with van der Waals surface area (Å²) < 4.78 is 29.2. The number of rotatable bonds is 8. The van der Waals surface area contributed by atoms with Crippen LogP contribution >= 0.6 is 0 Å². The summed E-state index contributed by atoms with van der Waals surface area (Å²) in [6, 6.07) is 1.43. The first-order chi connectivity index (χ1) is 9.39. The van der Waals surface area contributed by atoms with Gasteiger partial charge in [-0.2, -0.15) is 0 Å². The second kappa shape index (κ2) is 7.24. The van der Waals surface area contributed by atoms with Gasteiger partial charge in [0.15, 0.2) is 0 Å². The van der Waals surface area contributed by atoms with Crippen molar-refractivity contribution in [3.63, 3.8) is 0 Å². The van der Waals surface area contributed by atoms with Crippen molar-refractivity contribution >= 4 is 10.0 Å². The fraction of sp³-hybridized carbons (Fsp3) is 0.714. The first-order valence-electron chi connectivity index (χ1n) is 7.21. The highest BCUT2D eigenvalue weighted by Gasteiger charge is 2.23. The van der Waals surface area contributed by atoms with E-state index in [1.165, 1.54) is 6.07 Å². The van der Waals surface area contributed by atoms with Crippen molar-refractivity contribution in [1.29, 1.82) is 0 Å². The van der Waals surface area contributed by atoms with Crippen LogP contribution in [0.5, 0.6) is 0 Å². The first kappa shape index (κ1) is 17.2. The van der Waals surface area contributed by atoms with E-state index < -0.39 is 10.0 Å². The van der Waals surface area contributed by atoms with Gasteiger partial charge >= 0.3 is 0 Å². The van der Waals surface area contributed by atoms with E-state index in [-0.39, 0.29) is 17.5 Å². The van der Waals surface area contributed by atoms with Crippen LogP contribution < -0.4 is 4.72 Å². The van der Waals surface area contributed by atoms with Crippen molar-refractivity contribution in [2.24, 2.45) is 5.92 Å². The average Bonchev–Trinajstić information content (AvgIpc) is 2.83. The molecule has 0 amide bonds. The van der Waals surface area contributed by atoms with Gasteiger partial charge < -0.3 is 9.67 Å². The largest absolute Gasteiger partial charge is 0.390 e. The number of aromatic nitrogens is 1. The summed E-state index contributed by atoms with van der Waals surface area (Å²) in [4.78, 5) is 0.223. The highest BCUT2D eigenvalue weighted by Crippen LogP contribution is 2.18. The molecule has 1 unspecified atom stereocenters. The molecular formula is C14H26N2O3S. The van der Waals surface area contributed by atoms with Crippen molar-refractivity contribution in [1.82, 2.24) is 9.29 Å². The molecule has 0 fully saturated rings. The van der Waals surface area contributed by atoms with Gasteiger partial charge in [0.05, 0.1) is 11.5 Å². The van der Waals surface area contributed by atoms with E-state index in [1.807, 2.05) is 13.8 Å². The lowest BCUT2D eigenvalue weighted by atomic mass is 9.96. The summed E-state index contributed by atoms with van der Waals surface area (Å²) in [7, 11) is -3.53. The fourth-order valence-electron chi connectivity index (χ4n) is 2.50. The molecule has 1 aromatic rings. The van der Waals surface area contributed by atoms with E-state index in [9.17, 15) is 13.5 Å². The predicted molar refractivity (Wildman–Crippen MR) is 79.9 cm³/mol. The van der Waals surface area contributed by atoms with Gasteiger partial charge in [-0.1, -0.05) is 26.7 Å². The van der Waals surface area contributed by atoms with Gasteiger partial charge in [0.25, 0.3) is 0 Å². The summed E-state index contributed by atoms with van der Waals surface area (Å²) >= 11 is 0. The molecule has 116 valence electrons. The van der Waals surface area contributed by atoms with Crippen molar-refractivity contribution < 1.29 is 13.5 Å². The maximum absolute atomic E-state index is 12.4. The van der Waals surface area contributed by atoms with E-state index in [0.29, 0.717) is 18.2 Å². The molecule has 0 saturated carbocycles. The molecule has 0 aliphatic carbocycles. The average molecular weight is 302 g/mol. The minimum Gasteiger partial charge on any atom is -0.390 e. The van der Waals surface area contributed by atoms with Crippen LogP contribution in [0.3, 0.4) is 0 Å². The molecule has 0 aromatic carbocycles. The zero-order chi connectivity index (χ0) is 15.3.